The number of carbonyl (C=O) groups is 2. The Bertz CT molecular complexity index is 637. The van der Waals surface area contributed by atoms with Gasteiger partial charge in [0.2, 0.25) is 5.91 Å². The average Bonchev–Trinajstić information content (AvgIpc) is 2.95. The van der Waals surface area contributed by atoms with Crippen LogP contribution in [0.5, 0.6) is 0 Å². The summed E-state index contributed by atoms with van der Waals surface area (Å²) in [4.78, 5) is 29.0. The highest BCUT2D eigenvalue weighted by atomic mass is 35.5. The minimum absolute atomic E-state index is 0.0299. The van der Waals surface area contributed by atoms with E-state index < -0.39 is 6.09 Å². The molecule has 0 spiro atoms. The van der Waals surface area contributed by atoms with Gasteiger partial charge in [-0.15, -0.1) is 0 Å². The predicted octanol–water partition coefficient (Wildman–Crippen LogP) is 2.26. The zero-order valence-electron chi connectivity index (χ0n) is 13.0. The van der Waals surface area contributed by atoms with E-state index in [-0.39, 0.29) is 11.9 Å². The first kappa shape index (κ1) is 16.1. The Hall–Kier alpha value is -1.79. The minimum Gasteiger partial charge on any atom is -0.465 e. The second-order valence-electron chi connectivity index (χ2n) is 5.99. The molecular formula is C16H20ClN3O3. The zero-order chi connectivity index (χ0) is 16.6. The molecule has 3 rings (SSSR count). The molecule has 6 nitrogen and oxygen atoms in total. The van der Waals surface area contributed by atoms with Crippen LogP contribution < -0.4 is 4.90 Å². The van der Waals surface area contributed by atoms with Crippen molar-refractivity contribution in [1.82, 2.24) is 9.80 Å². The van der Waals surface area contributed by atoms with E-state index in [1.165, 1.54) is 4.90 Å². The Kier molecular flexibility index (Phi) is 4.46. The Morgan fingerprint density at radius 1 is 1.39 bits per heavy atom. The van der Waals surface area contributed by atoms with Gasteiger partial charge in [0.05, 0.1) is 6.54 Å². The number of hydrogen-bond acceptors (Lipinski definition) is 3. The van der Waals surface area contributed by atoms with Gasteiger partial charge in [-0.25, -0.2) is 4.79 Å². The number of likely N-dealkylation sites (tertiary alicyclic amines) is 1. The minimum atomic E-state index is -0.893. The van der Waals surface area contributed by atoms with Crippen LogP contribution in [-0.4, -0.2) is 59.1 Å². The number of carboxylic acid groups (broad SMARTS) is 1. The Labute approximate surface area is 140 Å². The summed E-state index contributed by atoms with van der Waals surface area (Å²) in [6.07, 6.45) is -0.134. The third-order valence-corrected chi connectivity index (χ3v) is 4.85. The molecule has 2 heterocycles. The number of benzene rings is 1. The smallest absolute Gasteiger partial charge is 0.407 e. The monoisotopic (exact) mass is 337 g/mol. The van der Waals surface area contributed by atoms with E-state index in [0.29, 0.717) is 37.7 Å². The van der Waals surface area contributed by atoms with Gasteiger partial charge in [0.15, 0.2) is 0 Å². The summed E-state index contributed by atoms with van der Waals surface area (Å²) >= 11 is 6.09. The van der Waals surface area contributed by atoms with Crippen molar-refractivity contribution in [2.75, 3.05) is 31.1 Å². The summed E-state index contributed by atoms with van der Waals surface area (Å²) in [5, 5.41) is 9.74. The Morgan fingerprint density at radius 3 is 2.83 bits per heavy atom. The van der Waals surface area contributed by atoms with Gasteiger partial charge >= 0.3 is 6.09 Å². The fourth-order valence-corrected chi connectivity index (χ4v) is 3.57. The van der Waals surface area contributed by atoms with Crippen LogP contribution in [0.1, 0.15) is 18.9 Å². The number of rotatable bonds is 2. The topological polar surface area (TPSA) is 64.1 Å². The van der Waals surface area contributed by atoms with Gasteiger partial charge in [-0.05, 0) is 31.0 Å². The van der Waals surface area contributed by atoms with E-state index in [1.54, 1.807) is 4.90 Å². The Morgan fingerprint density at radius 2 is 2.17 bits per heavy atom. The molecule has 2 aliphatic heterocycles. The van der Waals surface area contributed by atoms with Gasteiger partial charge in [-0.3, -0.25) is 9.69 Å². The van der Waals surface area contributed by atoms with Gasteiger partial charge in [-0.1, -0.05) is 17.7 Å². The van der Waals surface area contributed by atoms with Crippen LogP contribution in [0, 0.1) is 0 Å². The van der Waals surface area contributed by atoms with Crippen molar-refractivity contribution in [2.24, 2.45) is 0 Å². The summed E-state index contributed by atoms with van der Waals surface area (Å²) in [6.45, 7) is 4.45. The SMILES string of the molecule is CCN1C(=O)CN([C@@H]2CCN(C(=O)O)C2)Cc2ccc(Cl)cc21. The van der Waals surface area contributed by atoms with Gasteiger partial charge in [0, 0.05) is 42.9 Å². The summed E-state index contributed by atoms with van der Waals surface area (Å²) in [5.41, 5.74) is 1.91. The zero-order valence-corrected chi connectivity index (χ0v) is 13.8. The second-order valence-corrected chi connectivity index (χ2v) is 6.42. The lowest BCUT2D eigenvalue weighted by Gasteiger charge is -2.26. The largest absolute Gasteiger partial charge is 0.465 e. The number of likely N-dealkylation sites (N-methyl/N-ethyl adjacent to an activating group) is 1. The van der Waals surface area contributed by atoms with E-state index in [9.17, 15) is 9.59 Å². The molecule has 1 aromatic rings. The molecular weight excluding hydrogens is 318 g/mol. The van der Waals surface area contributed by atoms with E-state index >= 15 is 0 Å². The van der Waals surface area contributed by atoms with Gasteiger partial charge < -0.3 is 14.9 Å². The van der Waals surface area contributed by atoms with Crippen LogP contribution in [-0.2, 0) is 11.3 Å². The molecule has 7 heteroatoms. The van der Waals surface area contributed by atoms with Crippen LogP contribution >= 0.6 is 11.6 Å². The standard InChI is InChI=1S/C16H20ClN3O3/c1-2-20-14-7-12(17)4-3-11(14)8-19(10-15(20)21)13-5-6-18(9-13)16(22)23/h3-4,7,13H,2,5-6,8-10H2,1H3,(H,22,23)/t13-/m1/s1. The number of halogens is 1. The van der Waals surface area contributed by atoms with Gasteiger partial charge in [-0.2, -0.15) is 0 Å². The fourth-order valence-electron chi connectivity index (χ4n) is 3.41. The third kappa shape index (κ3) is 3.14. The lowest BCUT2D eigenvalue weighted by atomic mass is 10.1. The van der Waals surface area contributed by atoms with Crippen molar-refractivity contribution in [2.45, 2.75) is 25.9 Å². The van der Waals surface area contributed by atoms with Crippen molar-refractivity contribution >= 4 is 29.3 Å². The van der Waals surface area contributed by atoms with Crippen molar-refractivity contribution in [1.29, 1.82) is 0 Å². The van der Waals surface area contributed by atoms with Crippen molar-refractivity contribution in [3.63, 3.8) is 0 Å². The molecule has 1 saturated heterocycles. The quantitative estimate of drug-likeness (QED) is 0.899. The molecule has 0 aliphatic carbocycles. The first-order valence-electron chi connectivity index (χ1n) is 7.80. The number of amides is 2. The molecule has 2 amide bonds. The number of hydrogen-bond donors (Lipinski definition) is 1. The van der Waals surface area contributed by atoms with Gasteiger partial charge in [0.1, 0.15) is 0 Å². The highest BCUT2D eigenvalue weighted by Crippen LogP contribution is 2.30. The molecule has 1 atom stereocenters. The highest BCUT2D eigenvalue weighted by Gasteiger charge is 2.34. The predicted molar refractivity (Wildman–Crippen MR) is 87.9 cm³/mol. The van der Waals surface area contributed by atoms with E-state index in [4.69, 9.17) is 16.7 Å². The first-order valence-corrected chi connectivity index (χ1v) is 8.18. The molecule has 0 saturated carbocycles. The fraction of sp³-hybridized carbons (Fsp3) is 0.500. The maximum Gasteiger partial charge on any atom is 0.407 e. The van der Waals surface area contributed by atoms with Crippen LogP contribution in [0.3, 0.4) is 0 Å². The van der Waals surface area contributed by atoms with Crippen molar-refractivity contribution in [3.05, 3.63) is 28.8 Å². The lowest BCUT2D eigenvalue weighted by molar-refractivity contribution is -0.120. The number of nitrogens with zero attached hydrogens (tertiary/aromatic N) is 3. The Balaban J connectivity index is 1.87. The highest BCUT2D eigenvalue weighted by molar-refractivity contribution is 6.31. The summed E-state index contributed by atoms with van der Waals surface area (Å²) < 4.78 is 0. The van der Waals surface area contributed by atoms with Crippen LogP contribution in [0.25, 0.3) is 0 Å². The lowest BCUT2D eigenvalue weighted by Crippen LogP contribution is -2.43. The maximum absolute atomic E-state index is 12.6. The molecule has 0 bridgehead atoms. The maximum atomic E-state index is 12.6. The van der Waals surface area contributed by atoms with Crippen molar-refractivity contribution in [3.8, 4) is 0 Å². The molecule has 0 aromatic heterocycles. The summed E-state index contributed by atoms with van der Waals surface area (Å²) in [5.74, 6) is 0.0299. The average molecular weight is 338 g/mol. The molecule has 0 unspecified atom stereocenters. The second kappa shape index (κ2) is 6.37. The molecule has 23 heavy (non-hydrogen) atoms. The van der Waals surface area contributed by atoms with E-state index in [1.807, 2.05) is 25.1 Å². The molecule has 1 fully saturated rings. The van der Waals surface area contributed by atoms with Crippen LogP contribution in [0.2, 0.25) is 5.02 Å². The number of carbonyl (C=O) groups excluding carboxylic acids is 1. The third-order valence-electron chi connectivity index (χ3n) is 4.62. The van der Waals surface area contributed by atoms with Crippen LogP contribution in [0.15, 0.2) is 18.2 Å². The number of anilines is 1. The summed E-state index contributed by atoms with van der Waals surface area (Å²) in [7, 11) is 0. The first-order chi connectivity index (χ1) is 11.0. The normalized spacial score (nSPS) is 22.2. The van der Waals surface area contributed by atoms with Gasteiger partial charge in [0.25, 0.3) is 0 Å². The molecule has 2 aliphatic rings. The molecule has 1 aromatic carbocycles. The number of fused-ring (bicyclic) bond motifs is 1. The van der Waals surface area contributed by atoms with E-state index in [2.05, 4.69) is 4.90 Å². The molecule has 124 valence electrons. The van der Waals surface area contributed by atoms with Crippen LogP contribution in [0.4, 0.5) is 10.5 Å². The molecule has 1 N–H and O–H groups in total. The van der Waals surface area contributed by atoms with Crippen molar-refractivity contribution < 1.29 is 14.7 Å². The summed E-state index contributed by atoms with van der Waals surface area (Å²) in [6, 6.07) is 5.70. The molecule has 0 radical (unpaired) electrons. The van der Waals surface area contributed by atoms with E-state index in [0.717, 1.165) is 17.7 Å².